The van der Waals surface area contributed by atoms with E-state index in [1.165, 1.54) is 0 Å². The molecule has 2 rings (SSSR count). The summed E-state index contributed by atoms with van der Waals surface area (Å²) in [5.74, 6) is 2.35. The van der Waals surface area contributed by atoms with Crippen molar-refractivity contribution < 1.29 is 9.59 Å². The van der Waals surface area contributed by atoms with E-state index in [1.54, 1.807) is 6.92 Å². The number of likely N-dealkylation sites (tertiary alicyclic amines) is 2. The molecule has 0 N–H and O–H groups in total. The Kier molecular flexibility index (Phi) is 6.56. The van der Waals surface area contributed by atoms with Gasteiger partial charge in [0, 0.05) is 39.0 Å². The molecule has 2 atom stereocenters. The van der Waals surface area contributed by atoms with Crippen LogP contribution >= 0.6 is 0 Å². The fourth-order valence-corrected chi connectivity index (χ4v) is 4.53. The third-order valence-corrected chi connectivity index (χ3v) is 6.43. The lowest BCUT2D eigenvalue weighted by Gasteiger charge is -2.47. The van der Waals surface area contributed by atoms with E-state index in [-0.39, 0.29) is 11.3 Å². The quantitative estimate of drug-likeness (QED) is 0.773. The average molecular weight is 351 g/mol. The fourth-order valence-electron chi connectivity index (χ4n) is 4.53. The smallest absolute Gasteiger partial charge is 0.223 e. The Morgan fingerprint density at radius 1 is 1.04 bits per heavy atom. The van der Waals surface area contributed by atoms with Crippen LogP contribution in [0.1, 0.15) is 73.6 Å². The molecule has 2 unspecified atom stereocenters. The third kappa shape index (κ3) is 5.21. The van der Waals surface area contributed by atoms with Crippen LogP contribution in [-0.2, 0) is 9.59 Å². The van der Waals surface area contributed by atoms with Gasteiger partial charge in [0.05, 0.1) is 0 Å². The van der Waals surface area contributed by atoms with Gasteiger partial charge in [-0.05, 0) is 48.9 Å². The topological polar surface area (TPSA) is 40.6 Å². The molecule has 2 aliphatic rings. The molecule has 0 radical (unpaired) electrons. The molecule has 4 nitrogen and oxygen atoms in total. The molecular weight excluding hydrogens is 312 g/mol. The molecule has 0 aromatic carbocycles. The Balaban J connectivity index is 1.96. The summed E-state index contributed by atoms with van der Waals surface area (Å²) in [4.78, 5) is 28.6. The van der Waals surface area contributed by atoms with Crippen LogP contribution < -0.4 is 0 Å². The van der Waals surface area contributed by atoms with Crippen molar-refractivity contribution >= 4 is 11.8 Å². The highest BCUT2D eigenvalue weighted by atomic mass is 16.2. The van der Waals surface area contributed by atoms with Crippen molar-refractivity contribution in [2.24, 2.45) is 23.2 Å². The predicted molar refractivity (Wildman–Crippen MR) is 102 cm³/mol. The normalized spacial score (nSPS) is 26.2. The first-order valence-corrected chi connectivity index (χ1v) is 10.1. The van der Waals surface area contributed by atoms with Gasteiger partial charge in [-0.2, -0.15) is 0 Å². The van der Waals surface area contributed by atoms with Crippen LogP contribution in [0.5, 0.6) is 0 Å². The van der Waals surface area contributed by atoms with Crippen molar-refractivity contribution in [2.45, 2.75) is 79.7 Å². The summed E-state index contributed by atoms with van der Waals surface area (Å²) in [6.45, 7) is 15.6. The second-order valence-corrected chi connectivity index (χ2v) is 9.65. The Morgan fingerprint density at radius 3 is 2.12 bits per heavy atom. The van der Waals surface area contributed by atoms with Gasteiger partial charge in [-0.3, -0.25) is 9.59 Å². The molecule has 0 spiro atoms. The Bertz CT molecular complexity index is 473. The van der Waals surface area contributed by atoms with E-state index < -0.39 is 0 Å². The molecule has 4 heteroatoms. The molecule has 0 aliphatic carbocycles. The lowest BCUT2D eigenvalue weighted by atomic mass is 9.73. The molecule has 2 amide bonds. The summed E-state index contributed by atoms with van der Waals surface area (Å²) in [6.07, 6.45) is 4.86. The van der Waals surface area contributed by atoms with Crippen LogP contribution in [0.4, 0.5) is 0 Å². The highest BCUT2D eigenvalue weighted by Gasteiger charge is 2.39. The first-order valence-electron chi connectivity index (χ1n) is 10.1. The van der Waals surface area contributed by atoms with Crippen LogP contribution in [0.25, 0.3) is 0 Å². The lowest BCUT2D eigenvalue weighted by Crippen LogP contribution is -2.53. The van der Waals surface area contributed by atoms with Gasteiger partial charge in [-0.15, -0.1) is 0 Å². The SMILES string of the molecule is CC(=O)N1CCC(CC(=O)N2CCC(C(C)C)CC2C(C)(C)C)CC1. The molecule has 0 saturated carbocycles. The molecule has 2 aliphatic heterocycles. The number of piperidine rings is 2. The number of carbonyl (C=O) groups is 2. The first kappa shape index (κ1) is 20.3. The standard InChI is InChI=1S/C21H38N2O2/c1-15(2)18-9-12-23(19(14-18)21(4,5)6)20(25)13-17-7-10-22(11-8-17)16(3)24/h15,17-19H,7-14H2,1-6H3. The maximum atomic E-state index is 13.1. The van der Waals surface area contributed by atoms with E-state index >= 15 is 0 Å². The molecule has 2 saturated heterocycles. The van der Waals surface area contributed by atoms with Crippen molar-refractivity contribution in [3.8, 4) is 0 Å². The first-order chi connectivity index (χ1) is 11.6. The van der Waals surface area contributed by atoms with Gasteiger partial charge in [0.25, 0.3) is 0 Å². The zero-order valence-corrected chi connectivity index (χ0v) is 17.2. The zero-order valence-electron chi connectivity index (χ0n) is 17.2. The number of hydrogen-bond acceptors (Lipinski definition) is 2. The van der Waals surface area contributed by atoms with Crippen molar-refractivity contribution in [3.63, 3.8) is 0 Å². The molecular formula is C21H38N2O2. The summed E-state index contributed by atoms with van der Waals surface area (Å²) in [5.41, 5.74) is 0.126. The van der Waals surface area contributed by atoms with E-state index in [2.05, 4.69) is 39.5 Å². The van der Waals surface area contributed by atoms with Crippen molar-refractivity contribution in [1.82, 2.24) is 9.80 Å². The van der Waals surface area contributed by atoms with Gasteiger partial charge in [0.1, 0.15) is 0 Å². The minimum absolute atomic E-state index is 0.126. The van der Waals surface area contributed by atoms with Crippen molar-refractivity contribution in [3.05, 3.63) is 0 Å². The van der Waals surface area contributed by atoms with Gasteiger partial charge < -0.3 is 9.80 Å². The molecule has 2 heterocycles. The molecule has 0 bridgehead atoms. The highest BCUT2D eigenvalue weighted by Crippen LogP contribution is 2.38. The van der Waals surface area contributed by atoms with Crippen molar-refractivity contribution in [1.29, 1.82) is 0 Å². The molecule has 25 heavy (non-hydrogen) atoms. The van der Waals surface area contributed by atoms with Gasteiger partial charge in [-0.25, -0.2) is 0 Å². The van der Waals surface area contributed by atoms with E-state index in [1.807, 2.05) is 4.90 Å². The van der Waals surface area contributed by atoms with E-state index in [0.29, 0.717) is 30.2 Å². The van der Waals surface area contributed by atoms with E-state index in [0.717, 1.165) is 51.2 Å². The molecule has 2 fully saturated rings. The Morgan fingerprint density at radius 2 is 1.64 bits per heavy atom. The van der Waals surface area contributed by atoms with E-state index in [4.69, 9.17) is 0 Å². The van der Waals surface area contributed by atoms with Gasteiger partial charge >= 0.3 is 0 Å². The van der Waals surface area contributed by atoms with Crippen LogP contribution in [0, 0.1) is 23.2 Å². The Labute approximate surface area is 154 Å². The molecule has 0 aromatic rings. The highest BCUT2D eigenvalue weighted by molar-refractivity contribution is 5.77. The number of nitrogens with zero attached hydrogens (tertiary/aromatic N) is 2. The second-order valence-electron chi connectivity index (χ2n) is 9.65. The fraction of sp³-hybridized carbons (Fsp3) is 0.905. The molecule has 0 aromatic heterocycles. The van der Waals surface area contributed by atoms with Gasteiger partial charge in [0.15, 0.2) is 0 Å². The average Bonchev–Trinajstić information content (AvgIpc) is 2.53. The summed E-state index contributed by atoms with van der Waals surface area (Å²) < 4.78 is 0. The summed E-state index contributed by atoms with van der Waals surface area (Å²) in [6, 6.07) is 0.346. The van der Waals surface area contributed by atoms with E-state index in [9.17, 15) is 9.59 Å². The Hall–Kier alpha value is -1.06. The summed E-state index contributed by atoms with van der Waals surface area (Å²) in [7, 11) is 0. The number of amides is 2. The molecule has 144 valence electrons. The van der Waals surface area contributed by atoms with Crippen LogP contribution in [-0.4, -0.2) is 47.3 Å². The number of rotatable bonds is 3. The zero-order chi connectivity index (χ0) is 18.8. The minimum atomic E-state index is 0.126. The van der Waals surface area contributed by atoms with Crippen LogP contribution in [0.3, 0.4) is 0 Å². The largest absolute Gasteiger partial charge is 0.343 e. The summed E-state index contributed by atoms with van der Waals surface area (Å²) in [5, 5.41) is 0. The van der Waals surface area contributed by atoms with Crippen LogP contribution in [0.15, 0.2) is 0 Å². The number of carbonyl (C=O) groups excluding carboxylic acids is 2. The van der Waals surface area contributed by atoms with Gasteiger partial charge in [-0.1, -0.05) is 34.6 Å². The van der Waals surface area contributed by atoms with Crippen molar-refractivity contribution in [2.75, 3.05) is 19.6 Å². The maximum Gasteiger partial charge on any atom is 0.223 e. The number of hydrogen-bond donors (Lipinski definition) is 0. The monoisotopic (exact) mass is 350 g/mol. The minimum Gasteiger partial charge on any atom is -0.343 e. The second kappa shape index (κ2) is 8.09. The maximum absolute atomic E-state index is 13.1. The third-order valence-electron chi connectivity index (χ3n) is 6.43. The summed E-state index contributed by atoms with van der Waals surface area (Å²) >= 11 is 0. The lowest BCUT2D eigenvalue weighted by molar-refractivity contribution is -0.140. The predicted octanol–water partition coefficient (Wildman–Crippen LogP) is 3.94. The van der Waals surface area contributed by atoms with Crippen LogP contribution in [0.2, 0.25) is 0 Å². The van der Waals surface area contributed by atoms with Gasteiger partial charge in [0.2, 0.25) is 11.8 Å².